The molecular weight excluding hydrogens is 253 g/mol. The number of hydrogen-bond acceptors (Lipinski definition) is 1. The highest BCUT2D eigenvalue weighted by molar-refractivity contribution is 5.36. The van der Waals surface area contributed by atoms with Crippen LogP contribution in [-0.4, -0.2) is 11.3 Å². The van der Waals surface area contributed by atoms with Gasteiger partial charge in [0.05, 0.1) is 0 Å². The molecule has 0 fully saturated rings. The Bertz CT molecular complexity index is 522. The van der Waals surface area contributed by atoms with Crippen molar-refractivity contribution in [1.82, 2.24) is 0 Å². The number of hydrogen-bond donors (Lipinski definition) is 1. The van der Waals surface area contributed by atoms with E-state index < -0.39 is 11.8 Å². The van der Waals surface area contributed by atoms with Gasteiger partial charge < -0.3 is 5.11 Å². The van der Waals surface area contributed by atoms with E-state index in [1.54, 1.807) is 24.3 Å². The molecule has 0 aliphatic rings. The van der Waals surface area contributed by atoms with Crippen LogP contribution in [0.1, 0.15) is 11.1 Å². The van der Waals surface area contributed by atoms with Gasteiger partial charge in [-0.3, -0.25) is 0 Å². The van der Waals surface area contributed by atoms with Crippen molar-refractivity contribution in [3.8, 4) is 0 Å². The maximum absolute atomic E-state index is 13.2. The molecule has 2 aromatic rings. The lowest BCUT2D eigenvalue weighted by atomic mass is 9.86. The Balaban J connectivity index is 2.42. The molecule has 0 heterocycles. The topological polar surface area (TPSA) is 20.2 Å². The fourth-order valence-corrected chi connectivity index (χ4v) is 1.81. The van der Waals surface area contributed by atoms with E-state index >= 15 is 0 Å². The third-order valence-electron chi connectivity index (χ3n) is 2.82. The van der Waals surface area contributed by atoms with Gasteiger partial charge in [-0.25, -0.2) is 0 Å². The Labute approximate surface area is 109 Å². The van der Waals surface area contributed by atoms with E-state index in [9.17, 15) is 18.3 Å². The van der Waals surface area contributed by atoms with Crippen LogP contribution in [0.3, 0.4) is 0 Å². The molecule has 0 aliphatic heterocycles. The summed E-state index contributed by atoms with van der Waals surface area (Å²) in [7, 11) is 0. The SMILES string of the molecule is OC([CH]c1ccccc1)(c1ccccc1)C(F)(F)F. The summed E-state index contributed by atoms with van der Waals surface area (Å²) >= 11 is 0. The van der Waals surface area contributed by atoms with Crippen LogP contribution in [0.5, 0.6) is 0 Å². The standard InChI is InChI=1S/C15H12F3O/c16-15(17,18)14(19,13-9-5-2-6-10-13)11-12-7-3-1-4-8-12/h1-11,19H. The van der Waals surface area contributed by atoms with Crippen molar-refractivity contribution in [3.63, 3.8) is 0 Å². The smallest absolute Gasteiger partial charge is 0.376 e. The third kappa shape index (κ3) is 2.79. The average Bonchev–Trinajstić information content (AvgIpc) is 2.39. The normalized spacial score (nSPS) is 14.9. The highest BCUT2D eigenvalue weighted by atomic mass is 19.4. The lowest BCUT2D eigenvalue weighted by Gasteiger charge is -2.30. The quantitative estimate of drug-likeness (QED) is 0.897. The first kappa shape index (κ1) is 13.6. The fraction of sp³-hybridized carbons (Fsp3) is 0.133. The number of aliphatic hydroxyl groups is 1. The van der Waals surface area contributed by atoms with Gasteiger partial charge in [0.25, 0.3) is 0 Å². The van der Waals surface area contributed by atoms with Gasteiger partial charge in [0.2, 0.25) is 0 Å². The second kappa shape index (κ2) is 5.05. The summed E-state index contributed by atoms with van der Waals surface area (Å²) in [5.74, 6) is 0. The van der Waals surface area contributed by atoms with E-state index in [0.29, 0.717) is 5.56 Å². The van der Waals surface area contributed by atoms with Crippen LogP contribution in [0.4, 0.5) is 13.2 Å². The molecule has 1 N–H and O–H groups in total. The molecule has 0 aliphatic carbocycles. The van der Waals surface area contributed by atoms with Gasteiger partial charge in [-0.05, 0) is 11.1 Å². The largest absolute Gasteiger partial charge is 0.422 e. The molecule has 2 aromatic carbocycles. The first-order valence-corrected chi connectivity index (χ1v) is 5.69. The Morgan fingerprint density at radius 3 is 1.74 bits per heavy atom. The molecule has 4 heteroatoms. The number of rotatable bonds is 3. The molecule has 1 atom stereocenters. The van der Waals surface area contributed by atoms with Gasteiger partial charge in [-0.1, -0.05) is 60.7 Å². The highest BCUT2D eigenvalue weighted by Crippen LogP contribution is 2.42. The molecule has 19 heavy (non-hydrogen) atoms. The van der Waals surface area contributed by atoms with Crippen LogP contribution in [-0.2, 0) is 5.60 Å². The van der Waals surface area contributed by atoms with Gasteiger partial charge in [0.1, 0.15) is 0 Å². The second-order valence-corrected chi connectivity index (χ2v) is 4.19. The Morgan fingerprint density at radius 2 is 1.26 bits per heavy atom. The van der Waals surface area contributed by atoms with Gasteiger partial charge in [-0.2, -0.15) is 13.2 Å². The van der Waals surface area contributed by atoms with E-state index in [2.05, 4.69) is 0 Å². The summed E-state index contributed by atoms with van der Waals surface area (Å²) in [5, 5.41) is 10.1. The molecule has 2 rings (SSSR count). The maximum Gasteiger partial charge on any atom is 0.422 e. The molecule has 99 valence electrons. The van der Waals surface area contributed by atoms with Gasteiger partial charge >= 0.3 is 6.18 Å². The first-order chi connectivity index (χ1) is 8.93. The van der Waals surface area contributed by atoms with Crippen LogP contribution in [0, 0.1) is 6.42 Å². The van der Waals surface area contributed by atoms with Gasteiger partial charge in [-0.15, -0.1) is 0 Å². The lowest BCUT2D eigenvalue weighted by molar-refractivity contribution is -0.250. The van der Waals surface area contributed by atoms with Crippen molar-refractivity contribution in [1.29, 1.82) is 0 Å². The van der Waals surface area contributed by atoms with Gasteiger partial charge in [0.15, 0.2) is 5.60 Å². The minimum Gasteiger partial charge on any atom is -0.376 e. The lowest BCUT2D eigenvalue weighted by Crippen LogP contribution is -2.43. The number of benzene rings is 2. The molecule has 1 unspecified atom stereocenters. The summed E-state index contributed by atoms with van der Waals surface area (Å²) in [4.78, 5) is 0. The summed E-state index contributed by atoms with van der Waals surface area (Å²) in [6, 6.07) is 15.0. The van der Waals surface area contributed by atoms with E-state index in [4.69, 9.17) is 0 Å². The van der Waals surface area contributed by atoms with Crippen molar-refractivity contribution in [3.05, 3.63) is 78.2 Å². The summed E-state index contributed by atoms with van der Waals surface area (Å²) in [5.41, 5.74) is -2.88. The zero-order valence-corrected chi connectivity index (χ0v) is 9.93. The molecule has 0 bridgehead atoms. The predicted octanol–water partition coefficient (Wildman–Crippen LogP) is 3.69. The van der Waals surface area contributed by atoms with E-state index in [1.165, 1.54) is 36.4 Å². The molecular formula is C15H12F3O. The molecule has 0 aromatic heterocycles. The highest BCUT2D eigenvalue weighted by Gasteiger charge is 2.54. The van der Waals surface area contributed by atoms with Crippen LogP contribution in [0.15, 0.2) is 60.7 Å². The van der Waals surface area contributed by atoms with Crippen molar-refractivity contribution in [2.45, 2.75) is 11.8 Å². The average molecular weight is 265 g/mol. The second-order valence-electron chi connectivity index (χ2n) is 4.19. The minimum atomic E-state index is -4.79. The summed E-state index contributed by atoms with van der Waals surface area (Å²) in [6.07, 6.45) is -3.97. The Kier molecular flexibility index (Phi) is 3.62. The zero-order chi connectivity index (χ0) is 13.9. The van der Waals surface area contributed by atoms with Crippen LogP contribution < -0.4 is 0 Å². The monoisotopic (exact) mass is 265 g/mol. The number of halogens is 3. The molecule has 1 radical (unpaired) electrons. The predicted molar refractivity (Wildman–Crippen MR) is 66.2 cm³/mol. The van der Waals surface area contributed by atoms with E-state index in [0.717, 1.165) is 6.42 Å². The first-order valence-electron chi connectivity index (χ1n) is 5.69. The Hall–Kier alpha value is -1.81. The number of alkyl halides is 3. The van der Waals surface area contributed by atoms with Crippen LogP contribution >= 0.6 is 0 Å². The van der Waals surface area contributed by atoms with Gasteiger partial charge in [0, 0.05) is 6.42 Å². The van der Waals surface area contributed by atoms with Crippen molar-refractivity contribution in [2.24, 2.45) is 0 Å². The molecule has 0 amide bonds. The van der Waals surface area contributed by atoms with E-state index in [-0.39, 0.29) is 5.56 Å². The molecule has 0 saturated heterocycles. The zero-order valence-electron chi connectivity index (χ0n) is 9.93. The van der Waals surface area contributed by atoms with Crippen LogP contribution in [0.25, 0.3) is 0 Å². The van der Waals surface area contributed by atoms with Crippen molar-refractivity contribution in [2.75, 3.05) is 0 Å². The Morgan fingerprint density at radius 1 is 0.789 bits per heavy atom. The molecule has 0 spiro atoms. The van der Waals surface area contributed by atoms with Crippen molar-refractivity contribution < 1.29 is 18.3 Å². The molecule has 0 saturated carbocycles. The summed E-state index contributed by atoms with van der Waals surface area (Å²) < 4.78 is 39.6. The summed E-state index contributed by atoms with van der Waals surface area (Å²) in [6.45, 7) is 0. The third-order valence-corrected chi connectivity index (χ3v) is 2.82. The maximum atomic E-state index is 13.2. The van der Waals surface area contributed by atoms with E-state index in [1.807, 2.05) is 0 Å². The fourth-order valence-electron chi connectivity index (χ4n) is 1.81. The molecule has 1 nitrogen and oxygen atoms in total. The van der Waals surface area contributed by atoms with Crippen LogP contribution in [0.2, 0.25) is 0 Å². The van der Waals surface area contributed by atoms with Crippen molar-refractivity contribution >= 4 is 0 Å². The minimum absolute atomic E-state index is 0.202.